The topological polar surface area (TPSA) is 89.3 Å². The van der Waals surface area contributed by atoms with Crippen molar-refractivity contribution in [1.82, 2.24) is 9.78 Å². The van der Waals surface area contributed by atoms with Gasteiger partial charge < -0.3 is 5.11 Å². The van der Waals surface area contributed by atoms with Crippen LogP contribution in [0.4, 0.5) is 0 Å². The Labute approximate surface area is 132 Å². The number of nitrogens with zero attached hydrogens (tertiary/aromatic N) is 2. The van der Waals surface area contributed by atoms with Crippen molar-refractivity contribution in [2.45, 2.75) is 12.5 Å². The molecule has 1 unspecified atom stereocenters. The molecule has 0 bridgehead atoms. The van der Waals surface area contributed by atoms with Crippen LogP contribution in [0, 0.1) is 0 Å². The predicted octanol–water partition coefficient (Wildman–Crippen LogP) is 1.83. The van der Waals surface area contributed by atoms with Gasteiger partial charge in [-0.1, -0.05) is 11.6 Å². The smallest absolute Gasteiger partial charge is 0.199 e. The van der Waals surface area contributed by atoms with Gasteiger partial charge in [0.2, 0.25) is 0 Å². The number of carbonyl (C=O) groups is 1. The molecular formula is C14H13ClN2O4S. The van der Waals surface area contributed by atoms with Crippen molar-refractivity contribution in [1.29, 1.82) is 0 Å². The molecule has 1 aromatic carbocycles. The minimum Gasteiger partial charge on any atom is -0.507 e. The molecule has 8 heteroatoms. The average molecular weight is 341 g/mol. The third-order valence-corrected chi connectivity index (χ3v) is 5.63. The zero-order valence-electron chi connectivity index (χ0n) is 11.4. The summed E-state index contributed by atoms with van der Waals surface area (Å²) >= 11 is 5.84. The number of halogens is 1. The summed E-state index contributed by atoms with van der Waals surface area (Å²) in [5.74, 6) is -0.404. The molecule has 1 aliphatic rings. The lowest BCUT2D eigenvalue weighted by Gasteiger charge is -2.07. The molecule has 2 aromatic rings. The van der Waals surface area contributed by atoms with Crippen molar-refractivity contribution < 1.29 is 18.3 Å². The fourth-order valence-corrected chi connectivity index (χ4v) is 4.36. The van der Waals surface area contributed by atoms with E-state index in [0.717, 1.165) is 0 Å². The van der Waals surface area contributed by atoms with Gasteiger partial charge in [-0.05, 0) is 24.6 Å². The van der Waals surface area contributed by atoms with Crippen LogP contribution < -0.4 is 0 Å². The summed E-state index contributed by atoms with van der Waals surface area (Å²) in [5.41, 5.74) is 0.368. The number of sulfone groups is 1. The molecule has 1 aromatic heterocycles. The largest absolute Gasteiger partial charge is 0.507 e. The summed E-state index contributed by atoms with van der Waals surface area (Å²) in [4.78, 5) is 12.4. The Morgan fingerprint density at radius 3 is 2.86 bits per heavy atom. The summed E-state index contributed by atoms with van der Waals surface area (Å²) in [6.45, 7) is 0. The molecule has 0 aliphatic carbocycles. The number of rotatable bonds is 3. The van der Waals surface area contributed by atoms with Crippen molar-refractivity contribution in [2.24, 2.45) is 0 Å². The highest BCUT2D eigenvalue weighted by Gasteiger charge is 2.30. The third kappa shape index (κ3) is 2.86. The van der Waals surface area contributed by atoms with Crippen LogP contribution in [0.15, 0.2) is 30.6 Å². The van der Waals surface area contributed by atoms with Crippen molar-refractivity contribution >= 4 is 27.2 Å². The van der Waals surface area contributed by atoms with Crippen molar-refractivity contribution in [3.05, 3.63) is 46.7 Å². The minimum absolute atomic E-state index is 0.0325. The van der Waals surface area contributed by atoms with Crippen LogP contribution in [0.2, 0.25) is 5.02 Å². The monoisotopic (exact) mass is 340 g/mol. The minimum atomic E-state index is -3.02. The lowest BCUT2D eigenvalue weighted by Crippen LogP contribution is -2.11. The van der Waals surface area contributed by atoms with Crippen LogP contribution >= 0.6 is 11.6 Å². The van der Waals surface area contributed by atoms with Gasteiger partial charge in [0.05, 0.1) is 34.9 Å². The third-order valence-electron chi connectivity index (χ3n) is 3.65. The van der Waals surface area contributed by atoms with Crippen molar-refractivity contribution in [2.75, 3.05) is 11.5 Å². The normalized spacial score (nSPS) is 20.1. The number of hydrogen-bond donors (Lipinski definition) is 1. The second kappa shape index (κ2) is 5.40. The molecule has 1 saturated heterocycles. The summed E-state index contributed by atoms with van der Waals surface area (Å²) < 4.78 is 24.5. The van der Waals surface area contributed by atoms with Gasteiger partial charge in [-0.25, -0.2) is 8.42 Å². The Kier molecular flexibility index (Phi) is 3.70. The standard InChI is InChI=1S/C14H13ClN2O4S/c15-10-1-2-13(18)12(5-10)14(19)9-6-16-17(7-9)11-3-4-22(20,21)8-11/h1-2,5-7,11,18H,3-4,8H2. The quantitative estimate of drug-likeness (QED) is 0.861. The lowest BCUT2D eigenvalue weighted by atomic mass is 10.1. The maximum atomic E-state index is 12.4. The molecule has 1 atom stereocenters. The molecule has 0 spiro atoms. The molecule has 0 radical (unpaired) electrons. The van der Waals surface area contributed by atoms with E-state index in [0.29, 0.717) is 11.4 Å². The first-order valence-corrected chi connectivity index (χ1v) is 8.83. The van der Waals surface area contributed by atoms with Crippen molar-refractivity contribution in [3.63, 3.8) is 0 Å². The van der Waals surface area contributed by atoms with E-state index >= 15 is 0 Å². The Morgan fingerprint density at radius 2 is 2.18 bits per heavy atom. The molecule has 1 N–H and O–H groups in total. The molecule has 1 fully saturated rings. The number of phenols is 1. The van der Waals surface area contributed by atoms with Gasteiger partial charge in [0.1, 0.15) is 5.75 Å². The van der Waals surface area contributed by atoms with Gasteiger partial charge in [0.15, 0.2) is 15.6 Å². The van der Waals surface area contributed by atoms with Crippen LogP contribution in [0.1, 0.15) is 28.4 Å². The van der Waals surface area contributed by atoms with E-state index in [4.69, 9.17) is 11.6 Å². The summed E-state index contributed by atoms with van der Waals surface area (Å²) in [5, 5.41) is 14.2. The molecule has 0 amide bonds. The Hall–Kier alpha value is -1.86. The highest BCUT2D eigenvalue weighted by molar-refractivity contribution is 7.91. The molecule has 0 saturated carbocycles. The van der Waals surface area contributed by atoms with E-state index in [1.807, 2.05) is 0 Å². The number of aromatic hydroxyl groups is 1. The van der Waals surface area contributed by atoms with Crippen LogP contribution in [0.5, 0.6) is 5.75 Å². The lowest BCUT2D eigenvalue weighted by molar-refractivity contribution is 0.103. The first-order chi connectivity index (χ1) is 10.4. The Morgan fingerprint density at radius 1 is 1.41 bits per heavy atom. The molecule has 1 aliphatic heterocycles. The van der Waals surface area contributed by atoms with Gasteiger partial charge in [0, 0.05) is 11.2 Å². The van der Waals surface area contributed by atoms with Gasteiger partial charge in [-0.2, -0.15) is 5.10 Å². The number of hydrogen-bond acceptors (Lipinski definition) is 5. The van der Waals surface area contributed by atoms with Crippen molar-refractivity contribution in [3.8, 4) is 5.75 Å². The molecule has 6 nitrogen and oxygen atoms in total. The zero-order chi connectivity index (χ0) is 15.9. The molecule has 2 heterocycles. The second-order valence-electron chi connectivity index (χ2n) is 5.26. The molecular weight excluding hydrogens is 328 g/mol. The number of carbonyl (C=O) groups excluding carboxylic acids is 1. The number of ketones is 1. The van der Waals surface area contributed by atoms with Crippen LogP contribution in [0.3, 0.4) is 0 Å². The van der Waals surface area contributed by atoms with Gasteiger partial charge in [0.25, 0.3) is 0 Å². The Bertz CT molecular complexity index is 844. The van der Waals surface area contributed by atoms with Gasteiger partial charge in [-0.15, -0.1) is 0 Å². The second-order valence-corrected chi connectivity index (χ2v) is 7.92. The SMILES string of the molecule is O=C(c1cnn(C2CCS(=O)(=O)C2)c1)c1cc(Cl)ccc1O. The van der Waals surface area contributed by atoms with Crippen LogP contribution in [-0.2, 0) is 9.84 Å². The first-order valence-electron chi connectivity index (χ1n) is 6.63. The predicted molar refractivity (Wildman–Crippen MR) is 81.1 cm³/mol. The Balaban J connectivity index is 1.88. The zero-order valence-corrected chi connectivity index (χ0v) is 13.0. The van der Waals surface area contributed by atoms with E-state index in [-0.39, 0.29) is 34.4 Å². The highest BCUT2D eigenvalue weighted by Crippen LogP contribution is 2.26. The van der Waals surface area contributed by atoms with E-state index in [2.05, 4.69) is 5.10 Å². The molecule has 22 heavy (non-hydrogen) atoms. The van der Waals surface area contributed by atoms with E-state index in [1.165, 1.54) is 35.3 Å². The fraction of sp³-hybridized carbons (Fsp3) is 0.286. The molecule has 3 rings (SSSR count). The highest BCUT2D eigenvalue weighted by atomic mass is 35.5. The fourth-order valence-electron chi connectivity index (χ4n) is 2.48. The number of benzene rings is 1. The first kappa shape index (κ1) is 15.1. The molecule has 116 valence electrons. The number of aromatic nitrogens is 2. The average Bonchev–Trinajstić information content (AvgIpc) is 3.07. The maximum absolute atomic E-state index is 12.4. The van der Waals surface area contributed by atoms with Gasteiger partial charge in [-0.3, -0.25) is 9.48 Å². The van der Waals surface area contributed by atoms with Gasteiger partial charge >= 0.3 is 0 Å². The summed E-state index contributed by atoms with van der Waals surface area (Å²) in [7, 11) is -3.02. The van der Waals surface area contributed by atoms with Crippen LogP contribution in [0.25, 0.3) is 0 Å². The summed E-state index contributed by atoms with van der Waals surface area (Å²) in [6, 6.07) is 3.97. The van der Waals surface area contributed by atoms with E-state index < -0.39 is 15.6 Å². The summed E-state index contributed by atoms with van der Waals surface area (Å²) in [6.07, 6.45) is 3.36. The van der Waals surface area contributed by atoms with E-state index in [1.54, 1.807) is 0 Å². The maximum Gasteiger partial charge on any atom is 0.199 e. The number of phenolic OH excluding ortho intramolecular Hbond substituents is 1. The van der Waals surface area contributed by atoms with E-state index in [9.17, 15) is 18.3 Å². The van der Waals surface area contributed by atoms with Crippen LogP contribution in [-0.4, -0.2) is 40.6 Å².